The Morgan fingerprint density at radius 2 is 1.52 bits per heavy atom. The molecule has 4 rings (SSSR count). The summed E-state index contributed by atoms with van der Waals surface area (Å²) in [7, 11) is 0. The number of fused-ring (bicyclic) bond motifs is 1. The molecule has 2 heterocycles. The molecule has 0 spiro atoms. The van der Waals surface area contributed by atoms with Gasteiger partial charge in [-0.15, -0.1) is 0 Å². The van der Waals surface area contributed by atoms with Crippen LogP contribution in [0.1, 0.15) is 12.8 Å². The van der Waals surface area contributed by atoms with Crippen LogP contribution in [-0.2, 0) is 0 Å². The van der Waals surface area contributed by atoms with E-state index >= 15 is 0 Å². The van der Waals surface area contributed by atoms with Crippen LogP contribution in [0.2, 0.25) is 5.02 Å². The molecule has 0 unspecified atom stereocenters. The monoisotopic (exact) mass is 325 g/mol. The summed E-state index contributed by atoms with van der Waals surface area (Å²) in [5.74, 6) is 1.90. The summed E-state index contributed by atoms with van der Waals surface area (Å²) in [6.07, 6.45) is 2.33. The first-order valence-electron chi connectivity index (χ1n) is 7.75. The predicted molar refractivity (Wildman–Crippen MR) is 92.5 cm³/mol. The Kier molecular flexibility index (Phi) is 3.75. The van der Waals surface area contributed by atoms with E-state index in [1.165, 1.54) is 12.8 Å². The molecule has 0 N–H and O–H groups in total. The number of anilines is 1. The Balaban J connectivity index is 1.82. The Hall–Kier alpha value is -2.33. The van der Waals surface area contributed by atoms with Gasteiger partial charge in [-0.1, -0.05) is 35.9 Å². The zero-order chi connectivity index (χ0) is 15.6. The third-order valence-corrected chi connectivity index (χ3v) is 4.28. The summed E-state index contributed by atoms with van der Waals surface area (Å²) in [5, 5.41) is 0.565. The molecule has 0 atom stereocenters. The van der Waals surface area contributed by atoms with Crippen molar-refractivity contribution in [1.82, 2.24) is 9.97 Å². The van der Waals surface area contributed by atoms with Gasteiger partial charge in [-0.2, -0.15) is 0 Å². The van der Waals surface area contributed by atoms with Gasteiger partial charge < -0.3 is 9.64 Å². The van der Waals surface area contributed by atoms with Gasteiger partial charge in [0.2, 0.25) is 0 Å². The molecule has 0 bridgehead atoms. The average Bonchev–Trinajstić information content (AvgIpc) is 3.11. The molecule has 1 aliphatic rings. The first-order valence-corrected chi connectivity index (χ1v) is 8.13. The molecule has 1 aromatic heterocycles. The van der Waals surface area contributed by atoms with Crippen LogP contribution in [0.15, 0.2) is 48.5 Å². The van der Waals surface area contributed by atoms with Gasteiger partial charge in [0.1, 0.15) is 5.75 Å². The molecule has 0 amide bonds. The summed E-state index contributed by atoms with van der Waals surface area (Å²) in [6, 6.07) is 15.3. The smallest absolute Gasteiger partial charge is 0.263 e. The van der Waals surface area contributed by atoms with E-state index in [1.807, 2.05) is 42.5 Å². The Morgan fingerprint density at radius 1 is 0.870 bits per heavy atom. The maximum absolute atomic E-state index is 6.22. The standard InChI is InChI=1S/C18H16ClN3O/c19-13-7-1-4-10-16(13)23-18-17(22-11-5-6-12-22)20-14-8-2-3-9-15(14)21-18/h1-4,7-10H,5-6,11-12H2. The summed E-state index contributed by atoms with van der Waals surface area (Å²) in [5.41, 5.74) is 1.69. The molecule has 1 fully saturated rings. The predicted octanol–water partition coefficient (Wildman–Crippen LogP) is 4.68. The van der Waals surface area contributed by atoms with E-state index < -0.39 is 0 Å². The van der Waals surface area contributed by atoms with Crippen molar-refractivity contribution >= 4 is 28.5 Å². The van der Waals surface area contributed by atoms with Gasteiger partial charge in [0.25, 0.3) is 5.88 Å². The molecule has 5 heteroatoms. The van der Waals surface area contributed by atoms with Gasteiger partial charge in [0.05, 0.1) is 16.1 Å². The number of rotatable bonds is 3. The zero-order valence-electron chi connectivity index (χ0n) is 12.6. The number of aromatic nitrogens is 2. The van der Waals surface area contributed by atoms with Gasteiger partial charge in [0, 0.05) is 13.1 Å². The third-order valence-electron chi connectivity index (χ3n) is 3.97. The largest absolute Gasteiger partial charge is 0.434 e. The highest BCUT2D eigenvalue weighted by molar-refractivity contribution is 6.32. The first kappa shape index (κ1) is 14.3. The van der Waals surface area contributed by atoms with E-state index in [-0.39, 0.29) is 0 Å². The topological polar surface area (TPSA) is 38.3 Å². The molecular weight excluding hydrogens is 310 g/mol. The highest BCUT2D eigenvalue weighted by atomic mass is 35.5. The van der Waals surface area contributed by atoms with Crippen molar-refractivity contribution in [2.45, 2.75) is 12.8 Å². The fraction of sp³-hybridized carbons (Fsp3) is 0.222. The van der Waals surface area contributed by atoms with E-state index in [9.17, 15) is 0 Å². The number of benzene rings is 2. The van der Waals surface area contributed by atoms with E-state index in [4.69, 9.17) is 21.3 Å². The van der Waals surface area contributed by atoms with Crippen LogP contribution in [0.3, 0.4) is 0 Å². The molecular formula is C18H16ClN3O. The van der Waals surface area contributed by atoms with Crippen LogP contribution in [0.25, 0.3) is 11.0 Å². The van der Waals surface area contributed by atoms with Crippen LogP contribution >= 0.6 is 11.6 Å². The number of hydrogen-bond donors (Lipinski definition) is 0. The average molecular weight is 326 g/mol. The fourth-order valence-electron chi connectivity index (χ4n) is 2.81. The Morgan fingerprint density at radius 3 is 2.26 bits per heavy atom. The summed E-state index contributed by atoms with van der Waals surface area (Å²) in [4.78, 5) is 11.7. The van der Waals surface area contributed by atoms with Gasteiger partial charge in [-0.25, -0.2) is 9.97 Å². The highest BCUT2D eigenvalue weighted by Gasteiger charge is 2.21. The second-order valence-electron chi connectivity index (χ2n) is 5.57. The van der Waals surface area contributed by atoms with Crippen molar-refractivity contribution in [2.24, 2.45) is 0 Å². The van der Waals surface area contributed by atoms with Crippen LogP contribution in [0.5, 0.6) is 11.6 Å². The SMILES string of the molecule is Clc1ccccc1Oc1nc2ccccc2nc1N1CCCC1. The molecule has 23 heavy (non-hydrogen) atoms. The van der Waals surface area contributed by atoms with Crippen molar-refractivity contribution in [1.29, 1.82) is 0 Å². The summed E-state index contributed by atoms with van der Waals surface area (Å²) < 4.78 is 6.01. The molecule has 0 radical (unpaired) electrons. The maximum Gasteiger partial charge on any atom is 0.263 e. The molecule has 116 valence electrons. The number of para-hydroxylation sites is 3. The van der Waals surface area contributed by atoms with Crippen molar-refractivity contribution in [2.75, 3.05) is 18.0 Å². The zero-order valence-corrected chi connectivity index (χ0v) is 13.3. The molecule has 4 nitrogen and oxygen atoms in total. The van der Waals surface area contributed by atoms with Gasteiger partial charge >= 0.3 is 0 Å². The van der Waals surface area contributed by atoms with Gasteiger partial charge in [-0.05, 0) is 37.1 Å². The van der Waals surface area contributed by atoms with Crippen LogP contribution < -0.4 is 9.64 Å². The first-order chi connectivity index (χ1) is 11.3. The second-order valence-corrected chi connectivity index (χ2v) is 5.97. The highest BCUT2D eigenvalue weighted by Crippen LogP contribution is 2.35. The van der Waals surface area contributed by atoms with E-state index in [2.05, 4.69) is 9.88 Å². The lowest BCUT2D eigenvalue weighted by molar-refractivity contribution is 0.462. The maximum atomic E-state index is 6.22. The lowest BCUT2D eigenvalue weighted by atomic mass is 10.3. The number of halogens is 1. The lowest BCUT2D eigenvalue weighted by Crippen LogP contribution is -2.20. The van der Waals surface area contributed by atoms with Crippen molar-refractivity contribution in [3.8, 4) is 11.6 Å². The fourth-order valence-corrected chi connectivity index (χ4v) is 2.98. The normalized spacial score (nSPS) is 14.4. The van der Waals surface area contributed by atoms with Crippen molar-refractivity contribution in [3.63, 3.8) is 0 Å². The molecule has 1 saturated heterocycles. The van der Waals surface area contributed by atoms with Crippen molar-refractivity contribution < 1.29 is 4.74 Å². The minimum absolute atomic E-state index is 0.513. The van der Waals surface area contributed by atoms with Crippen LogP contribution in [0.4, 0.5) is 5.82 Å². The van der Waals surface area contributed by atoms with E-state index in [1.54, 1.807) is 6.07 Å². The minimum Gasteiger partial charge on any atom is -0.434 e. The lowest BCUT2D eigenvalue weighted by Gasteiger charge is -2.20. The molecule has 1 aliphatic heterocycles. The quantitative estimate of drug-likeness (QED) is 0.701. The Labute approximate surface area is 139 Å². The van der Waals surface area contributed by atoms with Gasteiger partial charge in [-0.3, -0.25) is 0 Å². The molecule has 3 aromatic rings. The van der Waals surface area contributed by atoms with Crippen molar-refractivity contribution in [3.05, 3.63) is 53.6 Å². The minimum atomic E-state index is 0.513. The summed E-state index contributed by atoms with van der Waals surface area (Å²) in [6.45, 7) is 1.96. The number of ether oxygens (including phenoxy) is 1. The van der Waals surface area contributed by atoms with E-state index in [0.717, 1.165) is 29.9 Å². The van der Waals surface area contributed by atoms with Crippen LogP contribution in [0, 0.1) is 0 Å². The second kappa shape index (κ2) is 6.05. The number of hydrogen-bond acceptors (Lipinski definition) is 4. The van der Waals surface area contributed by atoms with E-state index in [0.29, 0.717) is 16.7 Å². The molecule has 0 saturated carbocycles. The number of nitrogens with zero attached hydrogens (tertiary/aromatic N) is 3. The van der Waals surface area contributed by atoms with Gasteiger partial charge in [0.15, 0.2) is 5.82 Å². The molecule has 0 aliphatic carbocycles. The summed E-state index contributed by atoms with van der Waals surface area (Å²) >= 11 is 6.22. The molecule has 2 aromatic carbocycles. The third kappa shape index (κ3) is 2.82. The Bertz CT molecular complexity index is 847. The van der Waals surface area contributed by atoms with Crippen LogP contribution in [-0.4, -0.2) is 23.1 Å².